The van der Waals surface area contributed by atoms with E-state index >= 15 is 0 Å². The summed E-state index contributed by atoms with van der Waals surface area (Å²) in [4.78, 5) is 2.18. The lowest BCUT2D eigenvalue weighted by molar-refractivity contribution is -0.137. The van der Waals surface area contributed by atoms with Crippen LogP contribution in [0.25, 0.3) is 0 Å². The molecule has 19 heavy (non-hydrogen) atoms. The topological polar surface area (TPSA) is 29.3 Å². The number of halogens is 3. The first kappa shape index (κ1) is 14.3. The van der Waals surface area contributed by atoms with Gasteiger partial charge in [-0.05, 0) is 36.6 Å². The molecular formula is C14H19F3N2. The molecule has 5 heteroatoms. The van der Waals surface area contributed by atoms with Gasteiger partial charge < -0.3 is 5.73 Å². The second kappa shape index (κ2) is 5.51. The average Bonchev–Trinajstić information content (AvgIpc) is 2.76. The molecule has 0 radical (unpaired) electrons. The Morgan fingerprint density at radius 3 is 2.68 bits per heavy atom. The zero-order valence-corrected chi connectivity index (χ0v) is 11.0. The zero-order chi connectivity index (χ0) is 14.0. The molecule has 2 N–H and O–H groups in total. The van der Waals surface area contributed by atoms with Crippen LogP contribution in [-0.4, -0.2) is 24.5 Å². The standard InChI is InChI=1S/C14H19F3N2/c1-10-5-6-19(9-10)13(8-18)11-3-2-4-12(7-11)14(15,16)17/h2-4,7,10,13H,5-6,8-9,18H2,1H3. The van der Waals surface area contributed by atoms with Gasteiger partial charge in [-0.3, -0.25) is 4.90 Å². The van der Waals surface area contributed by atoms with Gasteiger partial charge in [0.1, 0.15) is 0 Å². The Bertz CT molecular complexity index is 431. The number of benzene rings is 1. The quantitative estimate of drug-likeness (QED) is 0.916. The van der Waals surface area contributed by atoms with Crippen LogP contribution in [0.15, 0.2) is 24.3 Å². The van der Waals surface area contributed by atoms with Gasteiger partial charge in [-0.25, -0.2) is 0 Å². The van der Waals surface area contributed by atoms with Crippen LogP contribution in [0.2, 0.25) is 0 Å². The lowest BCUT2D eigenvalue weighted by atomic mass is 10.0. The fourth-order valence-electron chi connectivity index (χ4n) is 2.67. The number of alkyl halides is 3. The minimum Gasteiger partial charge on any atom is -0.329 e. The maximum absolute atomic E-state index is 12.7. The van der Waals surface area contributed by atoms with E-state index in [1.807, 2.05) is 0 Å². The van der Waals surface area contributed by atoms with E-state index in [0.29, 0.717) is 18.0 Å². The van der Waals surface area contributed by atoms with Gasteiger partial charge in [0.05, 0.1) is 5.56 Å². The molecule has 1 aromatic rings. The van der Waals surface area contributed by atoms with Crippen molar-refractivity contribution in [1.29, 1.82) is 0 Å². The first-order chi connectivity index (χ1) is 8.91. The summed E-state index contributed by atoms with van der Waals surface area (Å²) < 4.78 is 38.2. The van der Waals surface area contributed by atoms with Crippen molar-refractivity contribution in [1.82, 2.24) is 4.90 Å². The summed E-state index contributed by atoms with van der Waals surface area (Å²) in [5.41, 5.74) is 5.82. The van der Waals surface area contributed by atoms with Crippen LogP contribution in [0.3, 0.4) is 0 Å². The summed E-state index contributed by atoms with van der Waals surface area (Å²) in [5.74, 6) is 0.583. The van der Waals surface area contributed by atoms with Gasteiger partial charge >= 0.3 is 6.18 Å². The molecule has 0 bridgehead atoms. The van der Waals surface area contributed by atoms with Crippen molar-refractivity contribution in [2.24, 2.45) is 11.7 Å². The Balaban J connectivity index is 2.23. The van der Waals surface area contributed by atoms with Crippen LogP contribution < -0.4 is 5.73 Å². The molecule has 0 aromatic heterocycles. The predicted octanol–water partition coefficient (Wildman–Crippen LogP) is 3.05. The summed E-state index contributed by atoms with van der Waals surface area (Å²) >= 11 is 0. The van der Waals surface area contributed by atoms with E-state index in [2.05, 4.69) is 11.8 Å². The summed E-state index contributed by atoms with van der Waals surface area (Å²) in [7, 11) is 0. The van der Waals surface area contributed by atoms with E-state index in [-0.39, 0.29) is 6.04 Å². The highest BCUT2D eigenvalue weighted by atomic mass is 19.4. The molecule has 1 saturated heterocycles. The van der Waals surface area contributed by atoms with E-state index in [1.54, 1.807) is 6.07 Å². The van der Waals surface area contributed by atoms with Crippen LogP contribution >= 0.6 is 0 Å². The summed E-state index contributed by atoms with van der Waals surface area (Å²) in [6.07, 6.45) is -3.22. The second-order valence-electron chi connectivity index (χ2n) is 5.26. The molecule has 2 atom stereocenters. The maximum Gasteiger partial charge on any atom is 0.416 e. The fraction of sp³-hybridized carbons (Fsp3) is 0.571. The molecular weight excluding hydrogens is 253 g/mol. The van der Waals surface area contributed by atoms with E-state index in [9.17, 15) is 13.2 Å². The van der Waals surface area contributed by atoms with Crippen LogP contribution in [-0.2, 0) is 6.18 Å². The minimum atomic E-state index is -4.30. The molecule has 1 aliphatic heterocycles. The van der Waals surface area contributed by atoms with Crippen molar-refractivity contribution in [3.63, 3.8) is 0 Å². The molecule has 106 valence electrons. The lowest BCUT2D eigenvalue weighted by Crippen LogP contribution is -2.32. The summed E-state index contributed by atoms with van der Waals surface area (Å²) in [6.45, 7) is 4.30. The van der Waals surface area contributed by atoms with Crippen molar-refractivity contribution in [2.45, 2.75) is 25.6 Å². The van der Waals surface area contributed by atoms with Gasteiger partial charge in [-0.1, -0.05) is 19.1 Å². The smallest absolute Gasteiger partial charge is 0.329 e. The fourth-order valence-corrected chi connectivity index (χ4v) is 2.67. The van der Waals surface area contributed by atoms with Crippen molar-refractivity contribution < 1.29 is 13.2 Å². The maximum atomic E-state index is 12.7. The van der Waals surface area contributed by atoms with Gasteiger partial charge in [0.15, 0.2) is 0 Å². The number of hydrogen-bond donors (Lipinski definition) is 1. The Morgan fingerprint density at radius 2 is 2.16 bits per heavy atom. The number of nitrogens with zero attached hydrogens (tertiary/aromatic N) is 1. The van der Waals surface area contributed by atoms with Crippen molar-refractivity contribution >= 4 is 0 Å². The Morgan fingerprint density at radius 1 is 1.42 bits per heavy atom. The van der Waals surface area contributed by atoms with E-state index in [4.69, 9.17) is 5.73 Å². The summed E-state index contributed by atoms with van der Waals surface area (Å²) in [5, 5.41) is 0. The molecule has 1 fully saturated rings. The van der Waals surface area contributed by atoms with Gasteiger partial charge in [-0.15, -0.1) is 0 Å². The van der Waals surface area contributed by atoms with Crippen LogP contribution in [0.5, 0.6) is 0 Å². The van der Waals surface area contributed by atoms with Crippen LogP contribution in [0, 0.1) is 5.92 Å². The number of nitrogens with two attached hydrogens (primary N) is 1. The SMILES string of the molecule is CC1CCN(C(CN)c2cccc(C(F)(F)F)c2)C1. The van der Waals surface area contributed by atoms with E-state index in [1.165, 1.54) is 12.1 Å². The molecule has 1 heterocycles. The minimum absolute atomic E-state index is 0.118. The first-order valence-corrected chi connectivity index (χ1v) is 6.53. The zero-order valence-electron chi connectivity index (χ0n) is 11.0. The number of rotatable bonds is 3. The van der Waals surface area contributed by atoms with Crippen LogP contribution in [0.1, 0.15) is 30.5 Å². The van der Waals surface area contributed by atoms with Crippen molar-refractivity contribution in [3.8, 4) is 0 Å². The molecule has 2 rings (SSSR count). The van der Waals surface area contributed by atoms with E-state index < -0.39 is 11.7 Å². The highest BCUT2D eigenvalue weighted by molar-refractivity contribution is 5.28. The number of hydrogen-bond acceptors (Lipinski definition) is 2. The average molecular weight is 272 g/mol. The Hall–Kier alpha value is -1.07. The molecule has 1 aromatic carbocycles. The monoisotopic (exact) mass is 272 g/mol. The van der Waals surface area contributed by atoms with E-state index in [0.717, 1.165) is 25.6 Å². The molecule has 0 saturated carbocycles. The third kappa shape index (κ3) is 3.28. The van der Waals surface area contributed by atoms with Gasteiger partial charge in [0.2, 0.25) is 0 Å². The van der Waals surface area contributed by atoms with Crippen molar-refractivity contribution in [2.75, 3.05) is 19.6 Å². The Labute approximate surface area is 111 Å². The highest BCUT2D eigenvalue weighted by Gasteiger charge is 2.32. The molecule has 2 unspecified atom stereocenters. The largest absolute Gasteiger partial charge is 0.416 e. The Kier molecular flexibility index (Phi) is 4.16. The third-order valence-electron chi connectivity index (χ3n) is 3.72. The number of likely N-dealkylation sites (tertiary alicyclic amines) is 1. The molecule has 2 nitrogen and oxygen atoms in total. The highest BCUT2D eigenvalue weighted by Crippen LogP contribution is 2.33. The molecule has 0 aliphatic carbocycles. The van der Waals surface area contributed by atoms with Gasteiger partial charge in [0, 0.05) is 19.1 Å². The summed E-state index contributed by atoms with van der Waals surface area (Å²) in [6, 6.07) is 5.40. The van der Waals surface area contributed by atoms with Crippen LogP contribution in [0.4, 0.5) is 13.2 Å². The molecule has 0 amide bonds. The molecule has 1 aliphatic rings. The second-order valence-corrected chi connectivity index (χ2v) is 5.26. The van der Waals surface area contributed by atoms with Crippen molar-refractivity contribution in [3.05, 3.63) is 35.4 Å². The third-order valence-corrected chi connectivity index (χ3v) is 3.72. The van der Waals surface area contributed by atoms with Gasteiger partial charge in [-0.2, -0.15) is 13.2 Å². The lowest BCUT2D eigenvalue weighted by Gasteiger charge is -2.27. The predicted molar refractivity (Wildman–Crippen MR) is 68.6 cm³/mol. The first-order valence-electron chi connectivity index (χ1n) is 6.53. The molecule has 0 spiro atoms. The normalized spacial score (nSPS) is 22.7. The van der Waals surface area contributed by atoms with Gasteiger partial charge in [0.25, 0.3) is 0 Å².